The van der Waals surface area contributed by atoms with Crippen molar-refractivity contribution in [3.63, 3.8) is 0 Å². The van der Waals surface area contributed by atoms with Gasteiger partial charge in [-0.25, -0.2) is 9.98 Å². The van der Waals surface area contributed by atoms with Gasteiger partial charge < -0.3 is 14.6 Å². The van der Waals surface area contributed by atoms with Crippen LogP contribution in [-0.2, 0) is 5.41 Å². The second kappa shape index (κ2) is 12.8. The summed E-state index contributed by atoms with van der Waals surface area (Å²) in [5.74, 6) is 4.18. The minimum absolute atomic E-state index is 0.0675. The molecule has 1 aromatic heterocycles. The number of hydrogen-bond donors (Lipinski definition) is 1. The second-order valence-electron chi connectivity index (χ2n) is 16.2. The van der Waals surface area contributed by atoms with E-state index in [2.05, 4.69) is 156 Å². The molecule has 4 aliphatic carbocycles. The monoisotopic (exact) mass is 738 g/mol. The van der Waals surface area contributed by atoms with Crippen LogP contribution in [0, 0.1) is 11.8 Å². The maximum Gasteiger partial charge on any atom is 0.150 e. The third-order valence-electron chi connectivity index (χ3n) is 13.2. The molecule has 3 heterocycles. The van der Waals surface area contributed by atoms with Crippen LogP contribution in [0.3, 0.4) is 0 Å². The highest BCUT2D eigenvalue weighted by atomic mass is 16.5. The van der Waals surface area contributed by atoms with Crippen molar-refractivity contribution < 1.29 is 4.74 Å². The van der Waals surface area contributed by atoms with Crippen LogP contribution in [0.5, 0.6) is 5.75 Å². The van der Waals surface area contributed by atoms with Gasteiger partial charge in [0.05, 0.1) is 16.4 Å². The van der Waals surface area contributed by atoms with Gasteiger partial charge in [-0.1, -0.05) is 121 Å². The van der Waals surface area contributed by atoms with Crippen LogP contribution in [0.4, 0.5) is 0 Å². The van der Waals surface area contributed by atoms with Gasteiger partial charge in [0.25, 0.3) is 0 Å². The van der Waals surface area contributed by atoms with Gasteiger partial charge in [0.1, 0.15) is 23.2 Å². The Kier molecular flexibility index (Phi) is 7.35. The Labute approximate surface area is 332 Å². The van der Waals surface area contributed by atoms with Gasteiger partial charge in [0.2, 0.25) is 0 Å². The number of aromatic nitrogens is 1. The van der Waals surface area contributed by atoms with Crippen molar-refractivity contribution in [1.29, 1.82) is 0 Å². The first-order chi connectivity index (χ1) is 28.3. The normalized spacial score (nSPS) is 23.5. The molecule has 5 heteroatoms. The van der Waals surface area contributed by atoms with E-state index in [1.54, 1.807) is 0 Å². The molecule has 0 saturated carbocycles. The summed E-state index contributed by atoms with van der Waals surface area (Å²) in [6.07, 6.45) is 20.1. The number of para-hydroxylation sites is 2. The molecule has 5 nitrogen and oxygen atoms in total. The molecular weight excluding hydrogens is 697 g/mol. The van der Waals surface area contributed by atoms with Crippen LogP contribution in [0.15, 0.2) is 179 Å². The summed E-state index contributed by atoms with van der Waals surface area (Å²) in [6.45, 7) is 0. The van der Waals surface area contributed by atoms with E-state index in [1.165, 1.54) is 61.8 Å². The predicted octanol–water partition coefficient (Wildman–Crippen LogP) is 11.5. The predicted molar refractivity (Wildman–Crippen MR) is 232 cm³/mol. The number of fused-ring (bicyclic) bond motifs is 11. The molecule has 6 aliphatic rings. The molecule has 3 unspecified atom stereocenters. The first-order valence-corrected chi connectivity index (χ1v) is 20.6. The maximum atomic E-state index is 6.78. The van der Waals surface area contributed by atoms with Crippen molar-refractivity contribution in [1.82, 2.24) is 9.88 Å². The lowest BCUT2D eigenvalue weighted by molar-refractivity contribution is 0.227. The van der Waals surface area contributed by atoms with Crippen molar-refractivity contribution in [2.24, 2.45) is 21.8 Å². The number of amidine groups is 2. The van der Waals surface area contributed by atoms with E-state index in [0.717, 1.165) is 66.4 Å². The molecule has 276 valence electrons. The Balaban J connectivity index is 1.03. The van der Waals surface area contributed by atoms with Crippen LogP contribution in [-0.4, -0.2) is 22.4 Å². The Morgan fingerprint density at radius 2 is 1.49 bits per heavy atom. The highest BCUT2D eigenvalue weighted by molar-refractivity contribution is 6.16. The molecular formula is C52H42N4O. The molecule has 1 spiro atoms. The van der Waals surface area contributed by atoms with Gasteiger partial charge in [-0.3, -0.25) is 0 Å². The van der Waals surface area contributed by atoms with Crippen molar-refractivity contribution in [3.8, 4) is 5.75 Å². The topological polar surface area (TPSA) is 50.9 Å². The van der Waals surface area contributed by atoms with Crippen LogP contribution >= 0.6 is 0 Å². The molecule has 6 aromatic rings. The van der Waals surface area contributed by atoms with Gasteiger partial charge in [-0.05, 0) is 97.2 Å². The zero-order chi connectivity index (χ0) is 37.5. The number of hydrogen-bond acceptors (Lipinski definition) is 4. The van der Waals surface area contributed by atoms with E-state index in [0.29, 0.717) is 0 Å². The van der Waals surface area contributed by atoms with Crippen molar-refractivity contribution in [2.45, 2.75) is 50.1 Å². The standard InChI is InChI=1S/C52H42N4O/c1-3-16-33(17-4-1)49-53-50(34-18-5-2-6-19-34)55-51(54-49)35-20-15-21-36(30-35)56-45-27-12-8-23-38(45)40-31-39-37-22-7-9-24-41(37)52(44(39)32-46(40)56)42-25-10-13-28-47(42)57-48-29-14-11-26-43(48)52/h1-6,8-10,12-13,15-21,23-25,27-29,31-32,35,43,51H,7,11,14,22,26,30H2,(H,53,54,55). The van der Waals surface area contributed by atoms with Crippen molar-refractivity contribution in [3.05, 3.63) is 197 Å². The fourth-order valence-corrected chi connectivity index (χ4v) is 10.8. The molecule has 0 radical (unpaired) electrons. The molecule has 0 fully saturated rings. The summed E-state index contributed by atoms with van der Waals surface area (Å²) in [5.41, 5.74) is 12.7. The minimum Gasteiger partial charge on any atom is -0.461 e. The highest BCUT2D eigenvalue weighted by Gasteiger charge is 2.56. The minimum atomic E-state index is -0.304. The summed E-state index contributed by atoms with van der Waals surface area (Å²) in [4.78, 5) is 10.6. The van der Waals surface area contributed by atoms with Gasteiger partial charge in [-0.15, -0.1) is 0 Å². The summed E-state index contributed by atoms with van der Waals surface area (Å²) in [5, 5.41) is 6.18. The zero-order valence-electron chi connectivity index (χ0n) is 31.7. The van der Waals surface area contributed by atoms with E-state index in [1.807, 2.05) is 12.1 Å². The molecule has 0 amide bonds. The Bertz CT molecular complexity index is 2810. The van der Waals surface area contributed by atoms with Gasteiger partial charge in [-0.2, -0.15) is 0 Å². The number of benzene rings is 5. The lowest BCUT2D eigenvalue weighted by Gasteiger charge is -2.47. The van der Waals surface area contributed by atoms with E-state index in [-0.39, 0.29) is 23.4 Å². The Morgan fingerprint density at radius 1 is 0.737 bits per heavy atom. The number of nitrogens with zero attached hydrogens (tertiary/aromatic N) is 3. The average Bonchev–Trinajstić information content (AvgIpc) is 3.76. The van der Waals surface area contributed by atoms with Gasteiger partial charge >= 0.3 is 0 Å². The van der Waals surface area contributed by atoms with Gasteiger partial charge in [0, 0.05) is 45.0 Å². The maximum absolute atomic E-state index is 6.78. The van der Waals surface area contributed by atoms with Crippen molar-refractivity contribution >= 4 is 44.7 Å². The smallest absolute Gasteiger partial charge is 0.150 e. The molecule has 57 heavy (non-hydrogen) atoms. The molecule has 0 saturated heterocycles. The van der Waals surface area contributed by atoms with Crippen molar-refractivity contribution in [2.75, 3.05) is 0 Å². The van der Waals surface area contributed by atoms with Gasteiger partial charge in [0.15, 0.2) is 6.17 Å². The Morgan fingerprint density at radius 3 is 2.32 bits per heavy atom. The lowest BCUT2D eigenvalue weighted by Crippen LogP contribution is -2.43. The molecule has 1 N–H and O–H groups in total. The van der Waals surface area contributed by atoms with E-state index >= 15 is 0 Å². The molecule has 0 bridgehead atoms. The second-order valence-corrected chi connectivity index (χ2v) is 16.2. The van der Waals surface area contributed by atoms with E-state index < -0.39 is 0 Å². The Hall–Kier alpha value is -6.46. The number of nitrogens with one attached hydrogen (secondary N) is 1. The third kappa shape index (κ3) is 4.88. The van der Waals surface area contributed by atoms with Crippen LogP contribution in [0.25, 0.3) is 33.1 Å². The number of aliphatic imine (C=N–C) groups is 2. The molecule has 5 aromatic carbocycles. The van der Waals surface area contributed by atoms with Crippen LogP contribution < -0.4 is 10.1 Å². The summed E-state index contributed by atoms with van der Waals surface area (Å²) < 4.78 is 9.33. The summed E-state index contributed by atoms with van der Waals surface area (Å²) in [7, 11) is 0. The van der Waals surface area contributed by atoms with Crippen LogP contribution in [0.2, 0.25) is 0 Å². The number of rotatable bonds is 4. The summed E-state index contributed by atoms with van der Waals surface area (Å²) in [6, 6.07) is 43.8. The third-order valence-corrected chi connectivity index (χ3v) is 13.2. The largest absolute Gasteiger partial charge is 0.461 e. The highest BCUT2D eigenvalue weighted by Crippen LogP contribution is 2.64. The fourth-order valence-electron chi connectivity index (χ4n) is 10.8. The summed E-state index contributed by atoms with van der Waals surface area (Å²) >= 11 is 0. The first kappa shape index (κ1) is 32.8. The quantitative estimate of drug-likeness (QED) is 0.196. The average molecular weight is 739 g/mol. The molecule has 2 aliphatic heterocycles. The SMILES string of the molecule is C1=CC(C2N=C(c3ccccc3)NC(c3ccccc3)=N2)CC(n2c3ccccc3c3cc4c(cc32)C2(C3=C4CCC=C3)c3ccccc3OC3=CCCCC32)=C1. The van der Waals surface area contributed by atoms with Crippen LogP contribution in [0.1, 0.15) is 66.3 Å². The molecule has 3 atom stereocenters. The number of ether oxygens (including phenoxy) is 1. The molecule has 12 rings (SSSR count). The fraction of sp³-hybridized carbons (Fsp3) is 0.192. The van der Waals surface area contributed by atoms with E-state index in [9.17, 15) is 0 Å². The first-order valence-electron chi connectivity index (χ1n) is 20.6. The number of allylic oxidation sites excluding steroid dienone is 9. The lowest BCUT2D eigenvalue weighted by atomic mass is 9.59. The van der Waals surface area contributed by atoms with E-state index in [4.69, 9.17) is 14.7 Å². The zero-order valence-corrected chi connectivity index (χ0v) is 31.7.